The standard InChI is InChI=1S/C16H32N2O4.C3H8.C2H6/c1-17-7-9-18(10-8-17)16(19)15-22-14-13-21-12-6-4-3-5-11-20-2;1-3-2;1-2/h3-15H2,1-2H3;3H2,1-2H3;1-2H3. The van der Waals surface area contributed by atoms with Crippen molar-refractivity contribution in [2.24, 2.45) is 0 Å². The van der Waals surface area contributed by atoms with Crippen molar-refractivity contribution in [3.8, 4) is 0 Å². The molecule has 1 amide bonds. The van der Waals surface area contributed by atoms with Crippen LogP contribution in [0, 0.1) is 0 Å². The van der Waals surface area contributed by atoms with E-state index in [4.69, 9.17) is 14.2 Å². The maximum atomic E-state index is 11.9. The van der Waals surface area contributed by atoms with E-state index >= 15 is 0 Å². The van der Waals surface area contributed by atoms with E-state index in [0.29, 0.717) is 13.2 Å². The van der Waals surface area contributed by atoms with E-state index in [2.05, 4.69) is 25.8 Å². The van der Waals surface area contributed by atoms with E-state index in [-0.39, 0.29) is 12.5 Å². The van der Waals surface area contributed by atoms with Crippen molar-refractivity contribution in [3.05, 3.63) is 0 Å². The van der Waals surface area contributed by atoms with Crippen LogP contribution < -0.4 is 0 Å². The average molecular weight is 391 g/mol. The molecule has 0 saturated carbocycles. The fraction of sp³-hybridized carbons (Fsp3) is 0.952. The van der Waals surface area contributed by atoms with Crippen molar-refractivity contribution in [3.63, 3.8) is 0 Å². The lowest BCUT2D eigenvalue weighted by Gasteiger charge is -2.32. The van der Waals surface area contributed by atoms with Crippen LogP contribution in [0.1, 0.15) is 59.8 Å². The second-order valence-electron chi connectivity index (χ2n) is 6.46. The van der Waals surface area contributed by atoms with Crippen LogP contribution in [-0.4, -0.2) is 89.1 Å². The van der Waals surface area contributed by atoms with Crippen LogP contribution in [0.25, 0.3) is 0 Å². The molecule has 6 nitrogen and oxygen atoms in total. The van der Waals surface area contributed by atoms with Crippen LogP contribution >= 0.6 is 0 Å². The number of unbranched alkanes of at least 4 members (excludes halogenated alkanes) is 3. The number of carbonyl (C=O) groups is 1. The van der Waals surface area contributed by atoms with Crippen LogP contribution in [0.2, 0.25) is 0 Å². The summed E-state index contributed by atoms with van der Waals surface area (Å²) in [6.07, 6.45) is 5.80. The molecule has 6 heteroatoms. The topological polar surface area (TPSA) is 51.2 Å². The zero-order chi connectivity index (χ0) is 20.8. The normalized spacial score (nSPS) is 14.1. The zero-order valence-corrected chi connectivity index (χ0v) is 18.9. The highest BCUT2D eigenvalue weighted by Crippen LogP contribution is 2.01. The van der Waals surface area contributed by atoms with Gasteiger partial charge in [0.25, 0.3) is 0 Å². The third kappa shape index (κ3) is 19.9. The molecule has 0 atom stereocenters. The minimum Gasteiger partial charge on any atom is -0.385 e. The molecular formula is C21H46N2O4. The van der Waals surface area contributed by atoms with Crippen LogP contribution in [0.5, 0.6) is 0 Å². The predicted octanol–water partition coefficient (Wildman–Crippen LogP) is 3.44. The van der Waals surface area contributed by atoms with Gasteiger partial charge in [-0.1, -0.05) is 47.0 Å². The second kappa shape index (κ2) is 23.3. The molecule has 0 aromatic carbocycles. The second-order valence-corrected chi connectivity index (χ2v) is 6.46. The van der Waals surface area contributed by atoms with Gasteiger partial charge in [-0.3, -0.25) is 4.79 Å². The van der Waals surface area contributed by atoms with Crippen LogP contribution in [-0.2, 0) is 19.0 Å². The fourth-order valence-corrected chi connectivity index (χ4v) is 2.33. The Labute approximate surface area is 168 Å². The highest BCUT2D eigenvalue weighted by molar-refractivity contribution is 5.77. The molecule has 1 fully saturated rings. The minimum absolute atomic E-state index is 0.0891. The maximum Gasteiger partial charge on any atom is 0.248 e. The molecule has 1 aliphatic heterocycles. The lowest BCUT2D eigenvalue weighted by molar-refractivity contribution is -0.138. The Hall–Kier alpha value is -0.690. The molecule has 0 aromatic rings. The number of carbonyl (C=O) groups excluding carboxylic acids is 1. The monoisotopic (exact) mass is 390 g/mol. The Bertz CT molecular complexity index is 296. The lowest BCUT2D eigenvalue weighted by Crippen LogP contribution is -2.48. The quantitative estimate of drug-likeness (QED) is 0.478. The average Bonchev–Trinajstić information content (AvgIpc) is 2.68. The third-order valence-corrected chi connectivity index (χ3v) is 3.84. The van der Waals surface area contributed by atoms with Gasteiger partial charge in [0.15, 0.2) is 0 Å². The van der Waals surface area contributed by atoms with Crippen LogP contribution in [0.3, 0.4) is 0 Å². The number of nitrogens with zero attached hydrogens (tertiary/aromatic N) is 2. The van der Waals surface area contributed by atoms with Crippen molar-refractivity contribution < 1.29 is 19.0 Å². The van der Waals surface area contributed by atoms with E-state index < -0.39 is 0 Å². The van der Waals surface area contributed by atoms with E-state index in [0.717, 1.165) is 52.2 Å². The number of rotatable bonds is 12. The molecule has 0 aliphatic carbocycles. The molecule has 1 rings (SSSR count). The number of hydrogen-bond acceptors (Lipinski definition) is 5. The summed E-state index contributed by atoms with van der Waals surface area (Å²) in [4.78, 5) is 16.0. The minimum atomic E-state index is 0.0891. The van der Waals surface area contributed by atoms with Gasteiger partial charge in [0.1, 0.15) is 6.61 Å². The molecule has 0 unspecified atom stereocenters. The molecule has 0 bridgehead atoms. The molecule has 27 heavy (non-hydrogen) atoms. The summed E-state index contributed by atoms with van der Waals surface area (Å²) in [6.45, 7) is 14.6. The van der Waals surface area contributed by atoms with Crippen LogP contribution in [0.4, 0.5) is 0 Å². The Morgan fingerprint density at radius 1 is 0.815 bits per heavy atom. The Morgan fingerprint density at radius 3 is 1.89 bits per heavy atom. The summed E-state index contributed by atoms with van der Waals surface area (Å²) < 4.78 is 15.9. The van der Waals surface area contributed by atoms with Gasteiger partial charge in [-0.15, -0.1) is 0 Å². The van der Waals surface area contributed by atoms with Gasteiger partial charge in [-0.2, -0.15) is 0 Å². The van der Waals surface area contributed by atoms with Gasteiger partial charge in [0.05, 0.1) is 13.2 Å². The molecule has 0 radical (unpaired) electrons. The van der Waals surface area contributed by atoms with Gasteiger partial charge < -0.3 is 24.0 Å². The van der Waals surface area contributed by atoms with Crippen molar-refractivity contribution in [1.29, 1.82) is 0 Å². The third-order valence-electron chi connectivity index (χ3n) is 3.84. The highest BCUT2D eigenvalue weighted by atomic mass is 16.5. The Balaban J connectivity index is 0. The number of likely N-dealkylation sites (N-methyl/N-ethyl adjacent to an activating group) is 1. The number of amides is 1. The summed E-state index contributed by atoms with van der Waals surface area (Å²) in [5.74, 6) is 0.0891. The SMILES string of the molecule is CC.CCC.COCCCCCCOCCOCC(=O)N1CCN(C)CC1. The summed E-state index contributed by atoms with van der Waals surface area (Å²) >= 11 is 0. The lowest BCUT2D eigenvalue weighted by atomic mass is 10.2. The molecular weight excluding hydrogens is 344 g/mol. The summed E-state index contributed by atoms with van der Waals surface area (Å²) in [5.41, 5.74) is 0. The van der Waals surface area contributed by atoms with E-state index in [1.54, 1.807) is 7.11 Å². The first kappa shape index (κ1) is 28.5. The molecule has 1 aliphatic rings. The predicted molar refractivity (Wildman–Crippen MR) is 113 cm³/mol. The van der Waals surface area contributed by atoms with E-state index in [9.17, 15) is 4.79 Å². The first-order valence-corrected chi connectivity index (χ1v) is 10.8. The maximum absolute atomic E-state index is 11.9. The molecule has 0 N–H and O–H groups in total. The number of piperazine rings is 1. The molecule has 1 heterocycles. The van der Waals surface area contributed by atoms with Gasteiger partial charge in [0.2, 0.25) is 5.91 Å². The number of methoxy groups -OCH3 is 1. The summed E-state index contributed by atoms with van der Waals surface area (Å²) in [6, 6.07) is 0. The van der Waals surface area contributed by atoms with Gasteiger partial charge >= 0.3 is 0 Å². The molecule has 164 valence electrons. The van der Waals surface area contributed by atoms with Crippen molar-refractivity contribution in [1.82, 2.24) is 9.80 Å². The van der Waals surface area contributed by atoms with Crippen molar-refractivity contribution in [2.45, 2.75) is 59.8 Å². The molecule has 1 saturated heterocycles. The smallest absolute Gasteiger partial charge is 0.248 e. The highest BCUT2D eigenvalue weighted by Gasteiger charge is 2.18. The van der Waals surface area contributed by atoms with Crippen LogP contribution in [0.15, 0.2) is 0 Å². The summed E-state index contributed by atoms with van der Waals surface area (Å²) in [7, 11) is 3.81. The Morgan fingerprint density at radius 2 is 1.33 bits per heavy atom. The fourth-order valence-electron chi connectivity index (χ4n) is 2.33. The molecule has 0 aromatic heterocycles. The van der Waals surface area contributed by atoms with E-state index in [1.807, 2.05) is 18.7 Å². The van der Waals surface area contributed by atoms with Gasteiger partial charge in [-0.05, 0) is 19.9 Å². The van der Waals surface area contributed by atoms with Crippen molar-refractivity contribution >= 4 is 5.91 Å². The largest absolute Gasteiger partial charge is 0.385 e. The van der Waals surface area contributed by atoms with E-state index in [1.165, 1.54) is 19.3 Å². The first-order valence-electron chi connectivity index (χ1n) is 10.8. The van der Waals surface area contributed by atoms with Gasteiger partial charge in [0, 0.05) is 46.5 Å². The number of hydrogen-bond donors (Lipinski definition) is 0. The van der Waals surface area contributed by atoms with Gasteiger partial charge in [-0.25, -0.2) is 0 Å². The number of ether oxygens (including phenoxy) is 3. The zero-order valence-electron chi connectivity index (χ0n) is 18.9. The summed E-state index contributed by atoms with van der Waals surface area (Å²) in [5, 5.41) is 0. The Kier molecular flexibility index (Phi) is 24.7. The van der Waals surface area contributed by atoms with Crippen molar-refractivity contribution in [2.75, 3.05) is 73.4 Å². The first-order chi connectivity index (χ1) is 13.2. The molecule has 0 spiro atoms.